The van der Waals surface area contributed by atoms with Gasteiger partial charge in [-0.25, -0.2) is 9.48 Å². The van der Waals surface area contributed by atoms with Crippen molar-refractivity contribution in [3.63, 3.8) is 0 Å². The van der Waals surface area contributed by atoms with Crippen LogP contribution in [0, 0.1) is 0 Å². The molecule has 1 aromatic carbocycles. The van der Waals surface area contributed by atoms with Gasteiger partial charge in [-0.2, -0.15) is 5.10 Å². The smallest absolute Gasteiger partial charge is 0.360 e. The van der Waals surface area contributed by atoms with E-state index in [1.165, 1.54) is 0 Å². The van der Waals surface area contributed by atoms with Gasteiger partial charge in [0.05, 0.1) is 18.5 Å². The lowest BCUT2D eigenvalue weighted by Gasteiger charge is -2.40. The molecule has 1 fully saturated rings. The molecule has 2 aromatic rings. The standard InChI is InChI=1S/C21H27N3O5/c1-13-7-6-8-14(2)24(13)19(26)15(3)29-21(28)18-16-9-4-5-10-17(16)20(27)23(22-18)11-12-25/h4-5,9-10,13-15,25H,6-8,11-12H2,1-3H3/t13-,14-,15-/m1/s1. The lowest BCUT2D eigenvalue weighted by atomic mass is 9.97. The van der Waals surface area contributed by atoms with E-state index in [2.05, 4.69) is 5.10 Å². The summed E-state index contributed by atoms with van der Waals surface area (Å²) in [6, 6.07) is 6.78. The van der Waals surface area contributed by atoms with Crippen LogP contribution in [0.5, 0.6) is 0 Å². The highest BCUT2D eigenvalue weighted by Crippen LogP contribution is 2.24. The van der Waals surface area contributed by atoms with E-state index >= 15 is 0 Å². The molecule has 1 N–H and O–H groups in total. The average molecular weight is 401 g/mol. The minimum absolute atomic E-state index is 0.0404. The normalized spacial score (nSPS) is 20.5. The fourth-order valence-electron chi connectivity index (χ4n) is 3.96. The molecule has 0 bridgehead atoms. The molecular formula is C21H27N3O5. The van der Waals surface area contributed by atoms with E-state index in [1.807, 2.05) is 13.8 Å². The number of aliphatic hydroxyl groups excluding tert-OH is 1. The number of ether oxygens (including phenoxy) is 1. The Bertz CT molecular complexity index is 960. The van der Waals surface area contributed by atoms with Crippen LogP contribution in [0.25, 0.3) is 10.8 Å². The molecule has 156 valence electrons. The van der Waals surface area contributed by atoms with Gasteiger partial charge in [0, 0.05) is 17.5 Å². The number of carbonyl (C=O) groups is 2. The Morgan fingerprint density at radius 2 is 1.83 bits per heavy atom. The molecule has 0 spiro atoms. The van der Waals surface area contributed by atoms with Crippen molar-refractivity contribution in [2.24, 2.45) is 0 Å². The zero-order valence-corrected chi connectivity index (χ0v) is 17.0. The molecule has 3 rings (SSSR count). The maximum Gasteiger partial charge on any atom is 0.360 e. The molecular weight excluding hydrogens is 374 g/mol. The highest BCUT2D eigenvalue weighted by molar-refractivity contribution is 6.02. The Labute approximate surface area is 169 Å². The van der Waals surface area contributed by atoms with Crippen molar-refractivity contribution in [1.82, 2.24) is 14.7 Å². The van der Waals surface area contributed by atoms with Crippen molar-refractivity contribution in [2.75, 3.05) is 6.61 Å². The molecule has 2 heterocycles. The predicted octanol–water partition coefficient (Wildman–Crippen LogP) is 1.72. The van der Waals surface area contributed by atoms with E-state index < -0.39 is 17.6 Å². The second-order valence-electron chi connectivity index (χ2n) is 7.57. The second-order valence-corrected chi connectivity index (χ2v) is 7.57. The van der Waals surface area contributed by atoms with Gasteiger partial charge in [-0.05, 0) is 46.1 Å². The van der Waals surface area contributed by atoms with Crippen molar-refractivity contribution in [3.05, 3.63) is 40.3 Å². The molecule has 1 aliphatic rings. The van der Waals surface area contributed by atoms with Gasteiger partial charge in [-0.1, -0.05) is 18.2 Å². The quantitative estimate of drug-likeness (QED) is 0.766. The number of esters is 1. The molecule has 8 nitrogen and oxygen atoms in total. The van der Waals surface area contributed by atoms with E-state index in [1.54, 1.807) is 36.1 Å². The molecule has 0 radical (unpaired) electrons. The van der Waals surface area contributed by atoms with Gasteiger partial charge in [-0.3, -0.25) is 9.59 Å². The fraction of sp³-hybridized carbons (Fsp3) is 0.524. The number of amides is 1. The first-order valence-corrected chi connectivity index (χ1v) is 9.99. The molecule has 29 heavy (non-hydrogen) atoms. The summed E-state index contributed by atoms with van der Waals surface area (Å²) in [5, 5.41) is 13.9. The first-order valence-electron chi connectivity index (χ1n) is 9.99. The van der Waals surface area contributed by atoms with Gasteiger partial charge in [0.1, 0.15) is 0 Å². The van der Waals surface area contributed by atoms with Crippen LogP contribution in [-0.2, 0) is 16.1 Å². The topological polar surface area (TPSA) is 102 Å². The van der Waals surface area contributed by atoms with Crippen molar-refractivity contribution in [1.29, 1.82) is 0 Å². The van der Waals surface area contributed by atoms with Crippen molar-refractivity contribution < 1.29 is 19.4 Å². The van der Waals surface area contributed by atoms with Crippen LogP contribution < -0.4 is 5.56 Å². The third kappa shape index (κ3) is 4.17. The SMILES string of the molecule is C[C@@H]1CCC[C@@H](C)N1C(=O)[C@@H](C)OC(=O)c1nn(CCO)c(=O)c2ccccc12. The molecule has 1 aliphatic heterocycles. The lowest BCUT2D eigenvalue weighted by Crippen LogP contribution is -2.51. The lowest BCUT2D eigenvalue weighted by molar-refractivity contribution is -0.146. The number of benzene rings is 1. The Kier molecular flexibility index (Phi) is 6.32. The third-order valence-electron chi connectivity index (χ3n) is 5.45. The van der Waals surface area contributed by atoms with Crippen LogP contribution in [0.2, 0.25) is 0 Å². The number of carbonyl (C=O) groups excluding carboxylic acids is 2. The van der Waals surface area contributed by atoms with Crippen LogP contribution in [0.3, 0.4) is 0 Å². The second kappa shape index (κ2) is 8.73. The number of aromatic nitrogens is 2. The Morgan fingerprint density at radius 3 is 2.45 bits per heavy atom. The predicted molar refractivity (Wildman–Crippen MR) is 108 cm³/mol. The van der Waals surface area contributed by atoms with Crippen LogP contribution >= 0.6 is 0 Å². The summed E-state index contributed by atoms with van der Waals surface area (Å²) in [7, 11) is 0. The number of nitrogens with zero attached hydrogens (tertiary/aromatic N) is 3. The number of rotatable bonds is 5. The third-order valence-corrected chi connectivity index (χ3v) is 5.45. The van der Waals surface area contributed by atoms with Crippen LogP contribution in [0.4, 0.5) is 0 Å². The van der Waals surface area contributed by atoms with Crippen LogP contribution in [0.1, 0.15) is 50.5 Å². The summed E-state index contributed by atoms with van der Waals surface area (Å²) in [4.78, 5) is 40.0. The van der Waals surface area contributed by atoms with Gasteiger partial charge in [0.25, 0.3) is 11.5 Å². The van der Waals surface area contributed by atoms with Gasteiger partial charge in [0.15, 0.2) is 11.8 Å². The summed E-state index contributed by atoms with van der Waals surface area (Å²) in [6.07, 6.45) is 1.96. The first kappa shape index (κ1) is 21.0. The van der Waals surface area contributed by atoms with E-state index in [-0.39, 0.29) is 36.8 Å². The maximum absolute atomic E-state index is 12.9. The molecule has 0 aliphatic carbocycles. The zero-order valence-electron chi connectivity index (χ0n) is 17.0. The number of piperidine rings is 1. The molecule has 8 heteroatoms. The monoisotopic (exact) mass is 401 g/mol. The Hall–Kier alpha value is -2.74. The van der Waals surface area contributed by atoms with E-state index in [9.17, 15) is 19.5 Å². The minimum Gasteiger partial charge on any atom is -0.448 e. The number of hydrogen-bond acceptors (Lipinski definition) is 6. The van der Waals surface area contributed by atoms with E-state index in [0.717, 1.165) is 23.9 Å². The Balaban J connectivity index is 1.88. The van der Waals surface area contributed by atoms with Crippen molar-refractivity contribution in [3.8, 4) is 0 Å². The van der Waals surface area contributed by atoms with Gasteiger partial charge in [-0.15, -0.1) is 0 Å². The molecule has 3 atom stereocenters. The summed E-state index contributed by atoms with van der Waals surface area (Å²) in [6.45, 7) is 5.23. The molecule has 0 unspecified atom stereocenters. The van der Waals surface area contributed by atoms with Crippen LogP contribution in [0.15, 0.2) is 29.1 Å². The number of aliphatic hydroxyl groups is 1. The highest BCUT2D eigenvalue weighted by atomic mass is 16.5. The number of hydrogen-bond donors (Lipinski definition) is 1. The molecule has 1 aromatic heterocycles. The maximum atomic E-state index is 12.9. The van der Waals surface area contributed by atoms with Crippen LogP contribution in [-0.4, -0.2) is 56.5 Å². The number of likely N-dealkylation sites (tertiary alicyclic amines) is 1. The van der Waals surface area contributed by atoms with E-state index in [4.69, 9.17) is 4.74 Å². The number of fused-ring (bicyclic) bond motifs is 1. The zero-order chi connectivity index (χ0) is 21.1. The van der Waals surface area contributed by atoms with Crippen molar-refractivity contribution >= 4 is 22.6 Å². The largest absolute Gasteiger partial charge is 0.448 e. The Morgan fingerprint density at radius 1 is 1.21 bits per heavy atom. The molecule has 1 saturated heterocycles. The average Bonchev–Trinajstić information content (AvgIpc) is 2.70. The van der Waals surface area contributed by atoms with Crippen molar-refractivity contribution in [2.45, 2.75) is 64.8 Å². The summed E-state index contributed by atoms with van der Waals surface area (Å²) >= 11 is 0. The minimum atomic E-state index is -0.968. The highest BCUT2D eigenvalue weighted by Gasteiger charge is 2.33. The van der Waals surface area contributed by atoms with Gasteiger partial charge >= 0.3 is 5.97 Å². The summed E-state index contributed by atoms with van der Waals surface area (Å²) in [5.41, 5.74) is -0.445. The van der Waals surface area contributed by atoms with Gasteiger partial charge in [0.2, 0.25) is 0 Å². The van der Waals surface area contributed by atoms with E-state index in [0.29, 0.717) is 10.8 Å². The molecule has 1 amide bonds. The van der Waals surface area contributed by atoms with Gasteiger partial charge < -0.3 is 14.7 Å². The first-order chi connectivity index (χ1) is 13.8. The molecule has 0 saturated carbocycles. The summed E-state index contributed by atoms with van der Waals surface area (Å²) < 4.78 is 6.50. The summed E-state index contributed by atoms with van der Waals surface area (Å²) in [5.74, 6) is -1.00. The fourth-order valence-corrected chi connectivity index (χ4v) is 3.96.